The number of hydrogen-bond acceptors (Lipinski definition) is 6. The van der Waals surface area contributed by atoms with Gasteiger partial charge in [-0.25, -0.2) is 5.43 Å². The molecule has 1 aromatic heterocycles. The molecule has 1 heterocycles. The van der Waals surface area contributed by atoms with Crippen LogP contribution < -0.4 is 19.6 Å². The van der Waals surface area contributed by atoms with E-state index in [9.17, 15) is 9.90 Å². The van der Waals surface area contributed by atoms with Crippen molar-refractivity contribution in [3.8, 4) is 23.0 Å². The number of amides is 1. The van der Waals surface area contributed by atoms with Gasteiger partial charge in [0.1, 0.15) is 17.2 Å². The van der Waals surface area contributed by atoms with Crippen molar-refractivity contribution >= 4 is 23.0 Å². The number of methoxy groups -OCH3 is 3. The molecule has 0 aliphatic carbocycles. The van der Waals surface area contributed by atoms with Gasteiger partial charge >= 0.3 is 0 Å². The Labute approximate surface area is 155 Å². The van der Waals surface area contributed by atoms with Crippen LogP contribution in [0, 0.1) is 0 Å². The van der Waals surface area contributed by atoms with Crippen LogP contribution in [0.15, 0.2) is 41.5 Å². The summed E-state index contributed by atoms with van der Waals surface area (Å²) < 4.78 is 15.5. The van der Waals surface area contributed by atoms with Gasteiger partial charge in [-0.1, -0.05) is 0 Å². The maximum atomic E-state index is 12.3. The minimum Gasteiger partial charge on any atom is -0.504 e. The summed E-state index contributed by atoms with van der Waals surface area (Å²) >= 11 is 0. The number of hydrogen-bond donors (Lipinski definition) is 3. The van der Waals surface area contributed by atoms with E-state index in [1.54, 1.807) is 44.6 Å². The molecule has 0 fully saturated rings. The molecule has 0 aliphatic rings. The Balaban J connectivity index is 1.77. The second kappa shape index (κ2) is 7.69. The van der Waals surface area contributed by atoms with Gasteiger partial charge in [0, 0.05) is 17.5 Å². The number of fused-ring (bicyclic) bond motifs is 1. The molecule has 2 aromatic carbocycles. The number of nitrogens with one attached hydrogen (secondary N) is 2. The van der Waals surface area contributed by atoms with Crippen molar-refractivity contribution in [2.24, 2.45) is 5.10 Å². The first-order chi connectivity index (χ1) is 13.0. The topological polar surface area (TPSA) is 105 Å². The van der Waals surface area contributed by atoms with Crippen molar-refractivity contribution in [1.82, 2.24) is 10.4 Å². The summed E-state index contributed by atoms with van der Waals surface area (Å²) in [5, 5.41) is 14.4. The van der Waals surface area contributed by atoms with Crippen LogP contribution in [0.3, 0.4) is 0 Å². The molecule has 0 radical (unpaired) electrons. The molecule has 1 amide bonds. The molecule has 0 atom stereocenters. The number of ether oxygens (including phenoxy) is 3. The van der Waals surface area contributed by atoms with Gasteiger partial charge in [0.25, 0.3) is 5.91 Å². The van der Waals surface area contributed by atoms with Crippen molar-refractivity contribution in [3.05, 3.63) is 47.7 Å². The number of aromatic amines is 1. The molecule has 0 saturated carbocycles. The first kappa shape index (κ1) is 18.1. The SMILES string of the molecule is COc1cc(OC)c2cc(C(=O)N/N=C\c3ccc(OC)c(O)c3)[nH]c2c1. The third-order valence-electron chi connectivity index (χ3n) is 3.96. The Bertz CT molecular complexity index is 1010. The number of H-pyrrole nitrogens is 1. The smallest absolute Gasteiger partial charge is 0.287 e. The van der Waals surface area contributed by atoms with E-state index >= 15 is 0 Å². The molecule has 0 spiro atoms. The predicted octanol–water partition coefficient (Wildman–Crippen LogP) is 2.66. The summed E-state index contributed by atoms with van der Waals surface area (Å²) in [6.07, 6.45) is 1.42. The second-order valence-corrected chi connectivity index (χ2v) is 5.60. The first-order valence-corrected chi connectivity index (χ1v) is 8.01. The Morgan fingerprint density at radius 3 is 2.52 bits per heavy atom. The average molecular weight is 369 g/mol. The zero-order valence-electron chi connectivity index (χ0n) is 15.1. The quantitative estimate of drug-likeness (QED) is 0.458. The van der Waals surface area contributed by atoms with E-state index in [1.165, 1.54) is 19.4 Å². The van der Waals surface area contributed by atoms with Crippen molar-refractivity contribution in [2.45, 2.75) is 0 Å². The van der Waals surface area contributed by atoms with Crippen molar-refractivity contribution in [2.75, 3.05) is 21.3 Å². The van der Waals surface area contributed by atoms with Gasteiger partial charge in [-0.3, -0.25) is 4.79 Å². The van der Waals surface area contributed by atoms with Crippen LogP contribution in [-0.2, 0) is 0 Å². The summed E-state index contributed by atoms with van der Waals surface area (Å²) in [6, 6.07) is 9.99. The van der Waals surface area contributed by atoms with Crippen LogP contribution in [0.25, 0.3) is 10.9 Å². The number of carbonyl (C=O) groups excluding carboxylic acids is 1. The highest BCUT2D eigenvalue weighted by molar-refractivity contribution is 6.00. The molecule has 0 aliphatic heterocycles. The number of phenolic OH excluding ortho intramolecular Hbond substituents is 1. The number of carbonyl (C=O) groups is 1. The van der Waals surface area contributed by atoms with Crippen LogP contribution in [-0.4, -0.2) is 43.5 Å². The van der Waals surface area contributed by atoms with E-state index in [4.69, 9.17) is 14.2 Å². The lowest BCUT2D eigenvalue weighted by atomic mass is 10.2. The van der Waals surface area contributed by atoms with E-state index in [2.05, 4.69) is 15.5 Å². The minimum atomic E-state index is -0.416. The average Bonchev–Trinajstić information content (AvgIpc) is 3.11. The van der Waals surface area contributed by atoms with Gasteiger partial charge in [-0.15, -0.1) is 0 Å². The molecule has 0 bridgehead atoms. The zero-order valence-corrected chi connectivity index (χ0v) is 15.1. The van der Waals surface area contributed by atoms with Gasteiger partial charge in [0.05, 0.1) is 33.1 Å². The van der Waals surface area contributed by atoms with Gasteiger partial charge in [0.2, 0.25) is 0 Å². The number of aromatic nitrogens is 1. The van der Waals surface area contributed by atoms with Crippen molar-refractivity contribution in [3.63, 3.8) is 0 Å². The van der Waals surface area contributed by atoms with Gasteiger partial charge in [0.15, 0.2) is 11.5 Å². The molecular formula is C19H19N3O5. The van der Waals surface area contributed by atoms with Crippen LogP contribution in [0.1, 0.15) is 16.1 Å². The van der Waals surface area contributed by atoms with Crippen LogP contribution >= 0.6 is 0 Å². The van der Waals surface area contributed by atoms with Crippen LogP contribution in [0.4, 0.5) is 0 Å². The molecule has 140 valence electrons. The lowest BCUT2D eigenvalue weighted by Gasteiger charge is -2.04. The molecular weight excluding hydrogens is 350 g/mol. The molecule has 0 unspecified atom stereocenters. The van der Waals surface area contributed by atoms with Crippen LogP contribution in [0.5, 0.6) is 23.0 Å². The Morgan fingerprint density at radius 2 is 1.85 bits per heavy atom. The standard InChI is InChI=1S/C19H19N3O5/c1-25-12-7-14-13(18(8-12)27-3)9-15(21-14)19(24)22-20-10-11-4-5-17(26-2)16(23)6-11/h4-10,21,23H,1-3H3,(H,22,24)/b20-10-. The first-order valence-electron chi connectivity index (χ1n) is 8.01. The van der Waals surface area contributed by atoms with E-state index in [0.29, 0.717) is 34.0 Å². The lowest BCUT2D eigenvalue weighted by molar-refractivity contribution is 0.0951. The number of benzene rings is 2. The molecule has 27 heavy (non-hydrogen) atoms. The highest BCUT2D eigenvalue weighted by Gasteiger charge is 2.13. The van der Waals surface area contributed by atoms with E-state index < -0.39 is 5.91 Å². The largest absolute Gasteiger partial charge is 0.504 e. The predicted molar refractivity (Wildman–Crippen MR) is 101 cm³/mol. The monoisotopic (exact) mass is 369 g/mol. The van der Waals surface area contributed by atoms with Gasteiger partial charge in [-0.2, -0.15) is 5.10 Å². The number of nitrogens with zero attached hydrogens (tertiary/aromatic N) is 1. The third-order valence-corrected chi connectivity index (χ3v) is 3.96. The number of hydrazone groups is 1. The molecule has 3 aromatic rings. The Kier molecular flexibility index (Phi) is 5.16. The normalized spacial score (nSPS) is 10.9. The number of phenols is 1. The van der Waals surface area contributed by atoms with Gasteiger partial charge < -0.3 is 24.3 Å². The summed E-state index contributed by atoms with van der Waals surface area (Å²) in [5.74, 6) is 1.15. The van der Waals surface area contributed by atoms with Gasteiger partial charge in [-0.05, 0) is 29.8 Å². The molecule has 3 N–H and O–H groups in total. The fourth-order valence-corrected chi connectivity index (χ4v) is 2.60. The maximum absolute atomic E-state index is 12.3. The van der Waals surface area contributed by atoms with Crippen molar-refractivity contribution in [1.29, 1.82) is 0 Å². The van der Waals surface area contributed by atoms with E-state index in [-0.39, 0.29) is 5.75 Å². The molecule has 0 saturated heterocycles. The summed E-state index contributed by atoms with van der Waals surface area (Å²) in [6.45, 7) is 0. The maximum Gasteiger partial charge on any atom is 0.287 e. The second-order valence-electron chi connectivity index (χ2n) is 5.60. The summed E-state index contributed by atoms with van der Waals surface area (Å²) in [4.78, 5) is 15.3. The Morgan fingerprint density at radius 1 is 1.07 bits per heavy atom. The number of rotatable bonds is 6. The lowest BCUT2D eigenvalue weighted by Crippen LogP contribution is -2.17. The molecule has 8 heteroatoms. The zero-order chi connectivity index (χ0) is 19.4. The molecule has 8 nitrogen and oxygen atoms in total. The van der Waals surface area contributed by atoms with E-state index in [0.717, 1.165) is 5.39 Å². The van der Waals surface area contributed by atoms with E-state index in [1.807, 2.05) is 0 Å². The summed E-state index contributed by atoms with van der Waals surface area (Å²) in [5.41, 5.74) is 4.08. The summed E-state index contributed by atoms with van der Waals surface area (Å²) in [7, 11) is 4.58. The third kappa shape index (κ3) is 3.79. The van der Waals surface area contributed by atoms with Crippen LogP contribution in [0.2, 0.25) is 0 Å². The fourth-order valence-electron chi connectivity index (χ4n) is 2.60. The molecule has 3 rings (SSSR count). The fraction of sp³-hybridized carbons (Fsp3) is 0.158. The van der Waals surface area contributed by atoms with Crippen molar-refractivity contribution < 1.29 is 24.1 Å². The minimum absolute atomic E-state index is 0.00978. The number of aromatic hydroxyl groups is 1. The Hall–Kier alpha value is -3.68. The highest BCUT2D eigenvalue weighted by atomic mass is 16.5. The highest BCUT2D eigenvalue weighted by Crippen LogP contribution is 2.31.